The van der Waals surface area contributed by atoms with Crippen LogP contribution in [-0.4, -0.2) is 38.6 Å². The highest BCUT2D eigenvalue weighted by molar-refractivity contribution is 5.78. The van der Waals surface area contributed by atoms with E-state index in [1.807, 2.05) is 31.5 Å². The molecule has 1 atom stereocenters. The number of carbonyl (C=O) groups excluding carboxylic acids is 1. The second-order valence-corrected chi connectivity index (χ2v) is 5.66. The maximum absolute atomic E-state index is 12.4. The molecule has 2 aromatic rings. The molecule has 0 aliphatic carbocycles. The third-order valence-corrected chi connectivity index (χ3v) is 4.13. The Hall–Kier alpha value is -2.21. The van der Waals surface area contributed by atoms with Gasteiger partial charge in [0.05, 0.1) is 30.0 Å². The summed E-state index contributed by atoms with van der Waals surface area (Å²) in [6.45, 7) is 7.16. The summed E-state index contributed by atoms with van der Waals surface area (Å²) in [5.41, 5.74) is 2.96. The number of esters is 1. The van der Waals surface area contributed by atoms with Crippen LogP contribution in [0.5, 0.6) is 0 Å². The van der Waals surface area contributed by atoms with E-state index in [1.54, 1.807) is 6.20 Å². The van der Waals surface area contributed by atoms with E-state index in [0.29, 0.717) is 19.7 Å². The number of imidazole rings is 1. The molecular formula is C17H22N4O2. The van der Waals surface area contributed by atoms with Crippen LogP contribution in [0.25, 0.3) is 0 Å². The minimum Gasteiger partial charge on any atom is -0.465 e. The highest BCUT2D eigenvalue weighted by atomic mass is 16.5. The lowest BCUT2D eigenvalue weighted by molar-refractivity contribution is -0.146. The molecule has 23 heavy (non-hydrogen) atoms. The van der Waals surface area contributed by atoms with Crippen molar-refractivity contribution in [2.24, 2.45) is 0 Å². The fourth-order valence-corrected chi connectivity index (χ4v) is 3.10. The lowest BCUT2D eigenvalue weighted by atomic mass is 9.98. The predicted octanol–water partition coefficient (Wildman–Crippen LogP) is 1.96. The van der Waals surface area contributed by atoms with Gasteiger partial charge in [-0.1, -0.05) is 6.07 Å². The van der Waals surface area contributed by atoms with Gasteiger partial charge >= 0.3 is 5.97 Å². The fraction of sp³-hybridized carbons (Fsp3) is 0.471. The molecule has 1 aliphatic rings. The molecular weight excluding hydrogens is 292 g/mol. The zero-order chi connectivity index (χ0) is 16.2. The van der Waals surface area contributed by atoms with E-state index in [4.69, 9.17) is 4.74 Å². The van der Waals surface area contributed by atoms with Gasteiger partial charge in [0.15, 0.2) is 0 Å². The molecule has 2 aromatic heterocycles. The molecule has 1 unspecified atom stereocenters. The number of hydrogen-bond acceptors (Lipinski definition) is 5. The molecule has 0 aromatic carbocycles. The van der Waals surface area contributed by atoms with Crippen molar-refractivity contribution in [1.29, 1.82) is 0 Å². The zero-order valence-electron chi connectivity index (χ0n) is 13.6. The molecule has 0 fully saturated rings. The Balaban J connectivity index is 1.86. The first-order valence-electron chi connectivity index (χ1n) is 8.05. The molecule has 0 amide bonds. The largest absolute Gasteiger partial charge is 0.465 e. The van der Waals surface area contributed by atoms with Crippen molar-refractivity contribution in [3.8, 4) is 0 Å². The van der Waals surface area contributed by atoms with E-state index in [2.05, 4.69) is 26.4 Å². The highest BCUT2D eigenvalue weighted by Gasteiger charge is 2.35. The van der Waals surface area contributed by atoms with Gasteiger partial charge in [0.1, 0.15) is 5.92 Å². The van der Waals surface area contributed by atoms with Crippen molar-refractivity contribution >= 4 is 5.97 Å². The van der Waals surface area contributed by atoms with Crippen molar-refractivity contribution in [2.75, 3.05) is 13.2 Å². The highest BCUT2D eigenvalue weighted by Crippen LogP contribution is 2.29. The van der Waals surface area contributed by atoms with Crippen LogP contribution < -0.4 is 0 Å². The summed E-state index contributed by atoms with van der Waals surface area (Å²) in [6, 6.07) is 5.88. The summed E-state index contributed by atoms with van der Waals surface area (Å²) in [4.78, 5) is 23.5. The number of ether oxygens (including phenoxy) is 1. The molecule has 0 saturated carbocycles. The number of hydrogen-bond donors (Lipinski definition) is 0. The van der Waals surface area contributed by atoms with Gasteiger partial charge in [-0.15, -0.1) is 0 Å². The Morgan fingerprint density at radius 1 is 1.35 bits per heavy atom. The van der Waals surface area contributed by atoms with E-state index in [1.165, 1.54) is 0 Å². The van der Waals surface area contributed by atoms with Gasteiger partial charge in [0.2, 0.25) is 0 Å². The Labute approximate surface area is 136 Å². The third-order valence-electron chi connectivity index (χ3n) is 4.13. The number of nitrogens with zero attached hydrogens (tertiary/aromatic N) is 4. The Kier molecular flexibility index (Phi) is 4.71. The van der Waals surface area contributed by atoms with Gasteiger partial charge in [0, 0.05) is 32.4 Å². The summed E-state index contributed by atoms with van der Waals surface area (Å²) >= 11 is 0. The lowest BCUT2D eigenvalue weighted by Crippen LogP contribution is -2.38. The average molecular weight is 314 g/mol. The number of fused-ring (bicyclic) bond motifs is 1. The number of aryl methyl sites for hydroxylation is 1. The van der Waals surface area contributed by atoms with Crippen molar-refractivity contribution in [3.63, 3.8) is 0 Å². The van der Waals surface area contributed by atoms with Crippen LogP contribution in [-0.2, 0) is 29.2 Å². The first-order valence-corrected chi connectivity index (χ1v) is 8.05. The van der Waals surface area contributed by atoms with Gasteiger partial charge < -0.3 is 9.30 Å². The smallest absolute Gasteiger partial charge is 0.316 e. The van der Waals surface area contributed by atoms with Crippen LogP contribution in [0.2, 0.25) is 0 Å². The maximum Gasteiger partial charge on any atom is 0.316 e. The van der Waals surface area contributed by atoms with Crippen molar-refractivity contribution in [2.45, 2.75) is 39.4 Å². The topological polar surface area (TPSA) is 60.2 Å². The SMILES string of the molecule is CCOC(=O)C1CN(Cc2ccccn2)Cc2ncn(CC)c21. The summed E-state index contributed by atoms with van der Waals surface area (Å²) < 4.78 is 7.33. The number of rotatable bonds is 5. The van der Waals surface area contributed by atoms with Gasteiger partial charge in [0.25, 0.3) is 0 Å². The van der Waals surface area contributed by atoms with Crippen LogP contribution in [0.4, 0.5) is 0 Å². The van der Waals surface area contributed by atoms with E-state index in [-0.39, 0.29) is 11.9 Å². The quantitative estimate of drug-likeness (QED) is 0.790. The van der Waals surface area contributed by atoms with Crippen molar-refractivity contribution in [1.82, 2.24) is 19.4 Å². The van der Waals surface area contributed by atoms with E-state index in [9.17, 15) is 4.79 Å². The monoisotopic (exact) mass is 314 g/mol. The maximum atomic E-state index is 12.4. The predicted molar refractivity (Wildman–Crippen MR) is 85.6 cm³/mol. The molecule has 0 radical (unpaired) electrons. The molecule has 0 spiro atoms. The Morgan fingerprint density at radius 2 is 2.22 bits per heavy atom. The van der Waals surface area contributed by atoms with Gasteiger partial charge in [-0.2, -0.15) is 0 Å². The number of carbonyl (C=O) groups is 1. The molecule has 3 rings (SSSR count). The third kappa shape index (κ3) is 3.27. The van der Waals surface area contributed by atoms with Crippen LogP contribution in [0.3, 0.4) is 0 Å². The second-order valence-electron chi connectivity index (χ2n) is 5.66. The first-order chi connectivity index (χ1) is 11.2. The van der Waals surface area contributed by atoms with Crippen molar-refractivity contribution in [3.05, 3.63) is 47.8 Å². The van der Waals surface area contributed by atoms with Gasteiger partial charge in [-0.05, 0) is 26.0 Å². The minimum absolute atomic E-state index is 0.172. The molecule has 1 aliphatic heterocycles. The van der Waals surface area contributed by atoms with E-state index < -0.39 is 0 Å². The number of aromatic nitrogens is 3. The normalized spacial score (nSPS) is 17.7. The van der Waals surface area contributed by atoms with Crippen LogP contribution in [0.15, 0.2) is 30.7 Å². The first kappa shape index (κ1) is 15.7. The molecule has 122 valence electrons. The van der Waals surface area contributed by atoms with Gasteiger partial charge in [-0.25, -0.2) is 4.98 Å². The molecule has 6 heteroatoms. The van der Waals surface area contributed by atoms with Crippen LogP contribution in [0.1, 0.15) is 36.8 Å². The van der Waals surface area contributed by atoms with E-state index >= 15 is 0 Å². The fourth-order valence-electron chi connectivity index (χ4n) is 3.10. The Bertz CT molecular complexity index is 668. The lowest BCUT2D eigenvalue weighted by Gasteiger charge is -2.31. The summed E-state index contributed by atoms with van der Waals surface area (Å²) in [5, 5.41) is 0. The second kappa shape index (κ2) is 6.91. The van der Waals surface area contributed by atoms with E-state index in [0.717, 1.165) is 30.2 Å². The Morgan fingerprint density at radius 3 is 2.91 bits per heavy atom. The minimum atomic E-state index is -0.287. The zero-order valence-corrected chi connectivity index (χ0v) is 13.6. The standard InChI is InChI=1S/C17H22N4O2/c1-3-21-12-19-15-11-20(9-13-7-5-6-8-18-13)10-14(16(15)21)17(22)23-4-2/h5-8,12,14H,3-4,9-11H2,1-2H3. The molecule has 3 heterocycles. The average Bonchev–Trinajstić information content (AvgIpc) is 2.98. The number of pyridine rings is 1. The van der Waals surface area contributed by atoms with Crippen molar-refractivity contribution < 1.29 is 9.53 Å². The van der Waals surface area contributed by atoms with Crippen LogP contribution in [0, 0.1) is 0 Å². The molecule has 0 saturated heterocycles. The van der Waals surface area contributed by atoms with Crippen LogP contribution >= 0.6 is 0 Å². The van der Waals surface area contributed by atoms with Gasteiger partial charge in [-0.3, -0.25) is 14.7 Å². The summed E-state index contributed by atoms with van der Waals surface area (Å²) in [7, 11) is 0. The summed E-state index contributed by atoms with van der Waals surface area (Å²) in [5.74, 6) is -0.459. The molecule has 6 nitrogen and oxygen atoms in total. The molecule has 0 N–H and O–H groups in total. The summed E-state index contributed by atoms with van der Waals surface area (Å²) in [6.07, 6.45) is 3.61. The molecule has 0 bridgehead atoms.